The first-order chi connectivity index (χ1) is 10.2. The maximum absolute atomic E-state index is 12.1. The first-order valence-corrected chi connectivity index (χ1v) is 8.62. The molecule has 0 radical (unpaired) electrons. The molecule has 124 valence electrons. The molecule has 1 amide bonds. The number of carbonyl (C=O) groups is 1. The van der Waals surface area contributed by atoms with Crippen LogP contribution < -0.4 is 0 Å². The summed E-state index contributed by atoms with van der Waals surface area (Å²) in [6.07, 6.45) is 2.82. The van der Waals surface area contributed by atoms with E-state index in [1.165, 1.54) is 4.88 Å². The fourth-order valence-electron chi connectivity index (χ4n) is 2.72. The van der Waals surface area contributed by atoms with Crippen LogP contribution in [0.1, 0.15) is 37.1 Å². The highest BCUT2D eigenvalue weighted by Crippen LogP contribution is 2.21. The van der Waals surface area contributed by atoms with Gasteiger partial charge in [-0.15, -0.1) is 11.3 Å². The van der Waals surface area contributed by atoms with Crippen molar-refractivity contribution in [1.29, 1.82) is 0 Å². The van der Waals surface area contributed by atoms with Gasteiger partial charge in [-0.25, -0.2) is 9.78 Å². The van der Waals surface area contributed by atoms with Gasteiger partial charge < -0.3 is 14.5 Å². The van der Waals surface area contributed by atoms with Crippen molar-refractivity contribution >= 4 is 17.4 Å². The highest BCUT2D eigenvalue weighted by molar-refractivity contribution is 7.11. The summed E-state index contributed by atoms with van der Waals surface area (Å²) < 4.78 is 5.44. The minimum absolute atomic E-state index is 0.185. The van der Waals surface area contributed by atoms with E-state index in [0.29, 0.717) is 5.92 Å². The quantitative estimate of drug-likeness (QED) is 0.853. The van der Waals surface area contributed by atoms with Gasteiger partial charge in [-0.2, -0.15) is 0 Å². The lowest BCUT2D eigenvalue weighted by molar-refractivity contribution is 0.0285. The number of ether oxygens (including phenoxy) is 1. The smallest absolute Gasteiger partial charge is 0.410 e. The Hall–Kier alpha value is -1.14. The average molecular weight is 325 g/mol. The molecule has 1 unspecified atom stereocenters. The number of likely N-dealkylation sites (tertiary alicyclic amines) is 1. The first-order valence-electron chi connectivity index (χ1n) is 7.81. The van der Waals surface area contributed by atoms with Crippen molar-refractivity contribution in [1.82, 2.24) is 14.8 Å². The number of hydrogen-bond acceptors (Lipinski definition) is 5. The van der Waals surface area contributed by atoms with E-state index < -0.39 is 5.60 Å². The predicted molar refractivity (Wildman–Crippen MR) is 89.1 cm³/mol. The van der Waals surface area contributed by atoms with Crippen LogP contribution in [0.2, 0.25) is 0 Å². The molecule has 2 heterocycles. The van der Waals surface area contributed by atoms with E-state index >= 15 is 0 Å². The number of amides is 1. The van der Waals surface area contributed by atoms with Gasteiger partial charge in [0.15, 0.2) is 0 Å². The zero-order chi connectivity index (χ0) is 16.3. The van der Waals surface area contributed by atoms with Crippen molar-refractivity contribution in [2.45, 2.75) is 46.3 Å². The van der Waals surface area contributed by atoms with Gasteiger partial charge in [-0.05, 0) is 47.1 Å². The summed E-state index contributed by atoms with van der Waals surface area (Å²) in [5.74, 6) is 0.520. The lowest BCUT2D eigenvalue weighted by Gasteiger charge is -2.25. The molecule has 1 aromatic heterocycles. The molecular weight excluding hydrogens is 298 g/mol. The Morgan fingerprint density at radius 2 is 2.27 bits per heavy atom. The molecule has 2 rings (SSSR count). The minimum Gasteiger partial charge on any atom is -0.444 e. The van der Waals surface area contributed by atoms with Crippen LogP contribution in [0.15, 0.2) is 6.20 Å². The van der Waals surface area contributed by atoms with Gasteiger partial charge in [0, 0.05) is 37.3 Å². The van der Waals surface area contributed by atoms with Gasteiger partial charge in [-0.1, -0.05) is 0 Å². The molecule has 1 aromatic rings. The molecule has 1 saturated heterocycles. The van der Waals surface area contributed by atoms with E-state index in [1.807, 2.05) is 38.8 Å². The number of nitrogens with zero attached hydrogens (tertiary/aromatic N) is 3. The van der Waals surface area contributed by atoms with E-state index in [0.717, 1.165) is 37.6 Å². The van der Waals surface area contributed by atoms with Crippen LogP contribution in [0, 0.1) is 12.8 Å². The number of rotatable bonds is 4. The summed E-state index contributed by atoms with van der Waals surface area (Å²) in [5, 5.41) is 1.11. The van der Waals surface area contributed by atoms with Gasteiger partial charge in [0.25, 0.3) is 0 Å². The largest absolute Gasteiger partial charge is 0.444 e. The zero-order valence-corrected chi connectivity index (χ0v) is 15.1. The number of aryl methyl sites for hydroxylation is 1. The Bertz CT molecular complexity index is 510. The summed E-state index contributed by atoms with van der Waals surface area (Å²) in [6.45, 7) is 11.3. The summed E-state index contributed by atoms with van der Waals surface area (Å²) in [7, 11) is 2.13. The second-order valence-corrected chi connectivity index (χ2v) is 8.44. The Balaban J connectivity index is 1.77. The van der Waals surface area contributed by atoms with Crippen LogP contribution in [0.25, 0.3) is 0 Å². The maximum Gasteiger partial charge on any atom is 0.410 e. The molecule has 6 heteroatoms. The second kappa shape index (κ2) is 6.96. The molecule has 1 aliphatic rings. The molecule has 0 saturated carbocycles. The molecule has 0 spiro atoms. The average Bonchev–Trinajstić information content (AvgIpc) is 2.96. The van der Waals surface area contributed by atoms with Crippen LogP contribution in [-0.2, 0) is 11.3 Å². The number of thiazole rings is 1. The van der Waals surface area contributed by atoms with Crippen molar-refractivity contribution in [3.8, 4) is 0 Å². The van der Waals surface area contributed by atoms with Crippen molar-refractivity contribution in [2.75, 3.05) is 26.7 Å². The van der Waals surface area contributed by atoms with Crippen molar-refractivity contribution in [2.24, 2.45) is 5.92 Å². The van der Waals surface area contributed by atoms with E-state index in [1.54, 1.807) is 11.3 Å². The summed E-state index contributed by atoms with van der Waals surface area (Å²) in [6, 6.07) is 0. The van der Waals surface area contributed by atoms with Crippen molar-refractivity contribution in [3.05, 3.63) is 16.1 Å². The predicted octanol–water partition coefficient (Wildman–Crippen LogP) is 3.14. The van der Waals surface area contributed by atoms with E-state index in [-0.39, 0.29) is 6.09 Å². The van der Waals surface area contributed by atoms with E-state index in [9.17, 15) is 4.79 Å². The number of hydrogen-bond donors (Lipinski definition) is 0. The fraction of sp³-hybridized carbons (Fsp3) is 0.750. The van der Waals surface area contributed by atoms with Gasteiger partial charge in [0.2, 0.25) is 0 Å². The lowest BCUT2D eigenvalue weighted by atomic mass is 10.1. The molecular formula is C16H27N3O2S. The molecule has 22 heavy (non-hydrogen) atoms. The van der Waals surface area contributed by atoms with Gasteiger partial charge in [-0.3, -0.25) is 0 Å². The Morgan fingerprint density at radius 3 is 2.86 bits per heavy atom. The monoisotopic (exact) mass is 325 g/mol. The van der Waals surface area contributed by atoms with Gasteiger partial charge in [0.05, 0.1) is 5.01 Å². The summed E-state index contributed by atoms with van der Waals surface area (Å²) >= 11 is 1.75. The zero-order valence-electron chi connectivity index (χ0n) is 14.3. The molecule has 0 aromatic carbocycles. The molecule has 1 aliphatic heterocycles. The van der Waals surface area contributed by atoms with Crippen molar-refractivity contribution in [3.63, 3.8) is 0 Å². The third-order valence-corrected chi connectivity index (χ3v) is 4.50. The SMILES string of the molecule is Cc1ncc(CN(C)CC2CCN(C(=O)OC(C)(C)C)C2)s1. The van der Waals surface area contributed by atoms with Gasteiger partial charge in [0.1, 0.15) is 5.60 Å². The summed E-state index contributed by atoms with van der Waals surface area (Å²) in [5.41, 5.74) is -0.421. The van der Waals surface area contributed by atoms with E-state index in [2.05, 4.69) is 16.9 Å². The highest BCUT2D eigenvalue weighted by Gasteiger charge is 2.30. The third kappa shape index (κ3) is 5.25. The van der Waals surface area contributed by atoms with Crippen LogP contribution in [0.3, 0.4) is 0 Å². The number of carbonyl (C=O) groups excluding carboxylic acids is 1. The highest BCUT2D eigenvalue weighted by atomic mass is 32.1. The second-order valence-electron chi connectivity index (χ2n) is 7.12. The van der Waals surface area contributed by atoms with Crippen LogP contribution in [0.4, 0.5) is 4.79 Å². The van der Waals surface area contributed by atoms with Crippen LogP contribution >= 0.6 is 11.3 Å². The van der Waals surface area contributed by atoms with Gasteiger partial charge >= 0.3 is 6.09 Å². The molecule has 1 atom stereocenters. The van der Waals surface area contributed by atoms with Crippen molar-refractivity contribution < 1.29 is 9.53 Å². The fourth-order valence-corrected chi connectivity index (χ4v) is 3.60. The van der Waals surface area contributed by atoms with E-state index in [4.69, 9.17) is 4.74 Å². The normalized spacial score (nSPS) is 19.0. The maximum atomic E-state index is 12.1. The molecule has 0 bridgehead atoms. The Labute approximate surface area is 137 Å². The third-order valence-electron chi connectivity index (χ3n) is 3.60. The minimum atomic E-state index is -0.421. The summed E-state index contributed by atoms with van der Waals surface area (Å²) in [4.78, 5) is 21.8. The Kier molecular flexibility index (Phi) is 5.45. The standard InChI is InChI=1S/C16H27N3O2S/c1-12-17-8-14(22-12)11-18(5)9-13-6-7-19(10-13)15(20)21-16(2,3)4/h8,13H,6-7,9-11H2,1-5H3. The topological polar surface area (TPSA) is 45.7 Å². The molecule has 0 aliphatic carbocycles. The van der Waals surface area contributed by atoms with Crippen LogP contribution in [0.5, 0.6) is 0 Å². The molecule has 5 nitrogen and oxygen atoms in total. The van der Waals surface area contributed by atoms with Crippen LogP contribution in [-0.4, -0.2) is 53.2 Å². The Morgan fingerprint density at radius 1 is 1.55 bits per heavy atom. The molecule has 1 fully saturated rings. The first kappa shape index (κ1) is 17.2. The number of aromatic nitrogens is 1. The lowest BCUT2D eigenvalue weighted by Crippen LogP contribution is -2.36. The molecule has 0 N–H and O–H groups in total.